The predicted octanol–water partition coefficient (Wildman–Crippen LogP) is 2.64. The van der Waals surface area contributed by atoms with Crippen LogP contribution in [0.4, 0.5) is 0 Å². The zero-order chi connectivity index (χ0) is 13.8. The van der Waals surface area contributed by atoms with Crippen molar-refractivity contribution in [1.82, 2.24) is 5.43 Å². The number of hydrogen-bond donors (Lipinski definition) is 2. The Labute approximate surface area is 109 Å². The van der Waals surface area contributed by atoms with E-state index in [9.17, 15) is 0 Å². The van der Waals surface area contributed by atoms with Crippen molar-refractivity contribution in [2.75, 3.05) is 14.2 Å². The molecule has 1 atom stereocenters. The maximum absolute atomic E-state index is 5.67. The number of hydrazine groups is 1. The molecule has 0 aliphatic heterocycles. The highest BCUT2D eigenvalue weighted by Gasteiger charge is 2.22. The molecule has 3 N–H and O–H groups in total. The molecule has 0 bridgehead atoms. The van der Waals surface area contributed by atoms with Gasteiger partial charge in [-0.3, -0.25) is 11.3 Å². The molecule has 0 saturated carbocycles. The van der Waals surface area contributed by atoms with E-state index < -0.39 is 0 Å². The van der Waals surface area contributed by atoms with Crippen LogP contribution in [0.5, 0.6) is 11.5 Å². The van der Waals surface area contributed by atoms with Gasteiger partial charge in [-0.25, -0.2) is 0 Å². The van der Waals surface area contributed by atoms with Crippen LogP contribution in [-0.4, -0.2) is 14.2 Å². The van der Waals surface area contributed by atoms with Gasteiger partial charge in [0.15, 0.2) is 0 Å². The van der Waals surface area contributed by atoms with Crippen LogP contribution in [0.3, 0.4) is 0 Å². The first-order valence-electron chi connectivity index (χ1n) is 6.09. The molecule has 102 valence electrons. The van der Waals surface area contributed by atoms with Gasteiger partial charge in [0.2, 0.25) is 0 Å². The summed E-state index contributed by atoms with van der Waals surface area (Å²) in [4.78, 5) is 0. The van der Waals surface area contributed by atoms with Crippen LogP contribution in [-0.2, 0) is 0 Å². The highest BCUT2D eigenvalue weighted by Crippen LogP contribution is 2.35. The van der Waals surface area contributed by atoms with E-state index in [2.05, 4.69) is 26.2 Å². The minimum Gasteiger partial charge on any atom is -0.497 e. The van der Waals surface area contributed by atoms with E-state index in [1.165, 1.54) is 0 Å². The Morgan fingerprint density at radius 1 is 1.22 bits per heavy atom. The van der Waals surface area contributed by atoms with Crippen LogP contribution >= 0.6 is 0 Å². The number of nitrogens with one attached hydrogen (secondary N) is 1. The fourth-order valence-corrected chi connectivity index (χ4v) is 1.98. The second-order valence-electron chi connectivity index (χ2n) is 5.59. The summed E-state index contributed by atoms with van der Waals surface area (Å²) in [5.41, 5.74) is 4.10. The molecular weight excluding hydrogens is 228 g/mol. The summed E-state index contributed by atoms with van der Waals surface area (Å²) in [5, 5.41) is 0. The Bertz CT molecular complexity index is 386. The topological polar surface area (TPSA) is 56.5 Å². The van der Waals surface area contributed by atoms with Crippen LogP contribution in [0, 0.1) is 5.41 Å². The third kappa shape index (κ3) is 3.89. The lowest BCUT2D eigenvalue weighted by Gasteiger charge is -2.27. The second kappa shape index (κ2) is 6.07. The minimum absolute atomic E-state index is 0.0610. The zero-order valence-electron chi connectivity index (χ0n) is 11.9. The van der Waals surface area contributed by atoms with Crippen molar-refractivity contribution in [3.8, 4) is 11.5 Å². The molecule has 0 spiro atoms. The van der Waals surface area contributed by atoms with E-state index >= 15 is 0 Å². The maximum Gasteiger partial charge on any atom is 0.127 e. The molecule has 4 nitrogen and oxygen atoms in total. The van der Waals surface area contributed by atoms with Gasteiger partial charge in [0.05, 0.1) is 20.3 Å². The molecule has 0 aliphatic carbocycles. The van der Waals surface area contributed by atoms with Crippen LogP contribution < -0.4 is 20.7 Å². The van der Waals surface area contributed by atoms with Gasteiger partial charge in [0.1, 0.15) is 11.5 Å². The number of rotatable bonds is 5. The summed E-state index contributed by atoms with van der Waals surface area (Å²) < 4.78 is 10.6. The smallest absolute Gasteiger partial charge is 0.127 e. The maximum atomic E-state index is 5.67. The van der Waals surface area contributed by atoms with Crippen molar-refractivity contribution >= 4 is 0 Å². The van der Waals surface area contributed by atoms with Crippen LogP contribution in [0.15, 0.2) is 18.2 Å². The Kier molecular flexibility index (Phi) is 4.99. The summed E-state index contributed by atoms with van der Waals surface area (Å²) in [7, 11) is 3.30. The molecule has 18 heavy (non-hydrogen) atoms. The Morgan fingerprint density at radius 3 is 2.33 bits per heavy atom. The molecule has 0 heterocycles. The van der Waals surface area contributed by atoms with E-state index in [4.69, 9.17) is 15.3 Å². The molecule has 1 unspecified atom stereocenters. The van der Waals surface area contributed by atoms with Crippen molar-refractivity contribution in [3.63, 3.8) is 0 Å². The molecule has 4 heteroatoms. The lowest BCUT2D eigenvalue weighted by Crippen LogP contribution is -2.31. The second-order valence-corrected chi connectivity index (χ2v) is 5.59. The van der Waals surface area contributed by atoms with E-state index in [0.717, 1.165) is 23.5 Å². The van der Waals surface area contributed by atoms with E-state index in [-0.39, 0.29) is 11.5 Å². The van der Waals surface area contributed by atoms with Crippen molar-refractivity contribution in [2.24, 2.45) is 11.3 Å². The van der Waals surface area contributed by atoms with Gasteiger partial charge >= 0.3 is 0 Å². The Balaban J connectivity index is 3.05. The molecule has 0 amide bonds. The van der Waals surface area contributed by atoms with Crippen LogP contribution in [0.25, 0.3) is 0 Å². The number of benzene rings is 1. The van der Waals surface area contributed by atoms with E-state index in [0.29, 0.717) is 0 Å². The molecule has 1 aromatic rings. The molecule has 1 aromatic carbocycles. The SMILES string of the molecule is COc1ccc(C(CC(C)(C)C)NN)c(OC)c1. The van der Waals surface area contributed by atoms with E-state index in [1.54, 1.807) is 14.2 Å². The Hall–Kier alpha value is -1.26. The van der Waals surface area contributed by atoms with Gasteiger partial charge in [0.25, 0.3) is 0 Å². The average Bonchev–Trinajstić information content (AvgIpc) is 2.34. The third-order valence-electron chi connectivity index (χ3n) is 2.83. The van der Waals surface area contributed by atoms with Crippen molar-refractivity contribution < 1.29 is 9.47 Å². The normalized spacial score (nSPS) is 13.2. The molecule has 0 radical (unpaired) electrons. The van der Waals surface area contributed by atoms with E-state index in [1.807, 2.05) is 18.2 Å². The van der Waals surface area contributed by atoms with Gasteiger partial charge < -0.3 is 9.47 Å². The first-order valence-corrected chi connectivity index (χ1v) is 6.09. The molecule has 1 rings (SSSR count). The van der Waals surface area contributed by atoms with Crippen molar-refractivity contribution in [3.05, 3.63) is 23.8 Å². The monoisotopic (exact) mass is 252 g/mol. The third-order valence-corrected chi connectivity index (χ3v) is 2.83. The van der Waals surface area contributed by atoms with Crippen molar-refractivity contribution in [1.29, 1.82) is 0 Å². The summed E-state index contributed by atoms with van der Waals surface area (Å²) >= 11 is 0. The first-order chi connectivity index (χ1) is 8.41. The summed E-state index contributed by atoms with van der Waals surface area (Å²) in [6.07, 6.45) is 0.923. The highest BCUT2D eigenvalue weighted by molar-refractivity contribution is 5.42. The van der Waals surface area contributed by atoms with Gasteiger partial charge in [0, 0.05) is 11.6 Å². The quantitative estimate of drug-likeness (QED) is 0.625. The number of hydrogen-bond acceptors (Lipinski definition) is 4. The largest absolute Gasteiger partial charge is 0.497 e. The average molecular weight is 252 g/mol. The summed E-state index contributed by atoms with van der Waals surface area (Å²) in [6, 6.07) is 5.85. The fraction of sp³-hybridized carbons (Fsp3) is 0.571. The lowest BCUT2D eigenvalue weighted by molar-refractivity contribution is 0.305. The molecular formula is C14H24N2O2. The van der Waals surface area contributed by atoms with Gasteiger partial charge in [-0.1, -0.05) is 26.8 Å². The van der Waals surface area contributed by atoms with Gasteiger partial charge in [-0.2, -0.15) is 0 Å². The highest BCUT2D eigenvalue weighted by atomic mass is 16.5. The molecule has 0 saturated heterocycles. The number of nitrogens with two attached hydrogens (primary N) is 1. The van der Waals surface area contributed by atoms with Gasteiger partial charge in [-0.05, 0) is 17.9 Å². The van der Waals surface area contributed by atoms with Gasteiger partial charge in [-0.15, -0.1) is 0 Å². The van der Waals surface area contributed by atoms with Crippen LogP contribution in [0.1, 0.15) is 38.8 Å². The Morgan fingerprint density at radius 2 is 1.89 bits per heavy atom. The first kappa shape index (κ1) is 14.8. The van der Waals surface area contributed by atoms with Crippen LogP contribution in [0.2, 0.25) is 0 Å². The standard InChI is InChI=1S/C14H24N2O2/c1-14(2,3)9-12(16-15)11-7-6-10(17-4)8-13(11)18-5/h6-8,12,16H,9,15H2,1-5H3. The summed E-state index contributed by atoms with van der Waals surface area (Å²) in [6.45, 7) is 6.56. The zero-order valence-corrected chi connectivity index (χ0v) is 11.9. The molecule has 0 aromatic heterocycles. The number of ether oxygens (including phenoxy) is 2. The fourth-order valence-electron chi connectivity index (χ4n) is 1.98. The predicted molar refractivity (Wildman–Crippen MR) is 73.7 cm³/mol. The molecule has 0 fully saturated rings. The molecule has 0 aliphatic rings. The van der Waals surface area contributed by atoms with Crippen molar-refractivity contribution in [2.45, 2.75) is 33.2 Å². The lowest BCUT2D eigenvalue weighted by atomic mass is 9.85. The number of methoxy groups -OCH3 is 2. The summed E-state index contributed by atoms with van der Waals surface area (Å²) in [5.74, 6) is 7.24. The minimum atomic E-state index is 0.0610.